The molecule has 0 amide bonds. The van der Waals surface area contributed by atoms with E-state index in [0.717, 1.165) is 16.3 Å². The fourth-order valence-corrected chi connectivity index (χ4v) is 3.54. The van der Waals surface area contributed by atoms with Crippen LogP contribution in [0.1, 0.15) is 31.9 Å². The zero-order valence-electron chi connectivity index (χ0n) is 15.4. The van der Waals surface area contributed by atoms with E-state index in [2.05, 4.69) is 75.4 Å². The molecule has 1 nitrogen and oxygen atoms in total. The van der Waals surface area contributed by atoms with Gasteiger partial charge in [0.25, 0.3) is 0 Å². The van der Waals surface area contributed by atoms with Crippen molar-refractivity contribution in [2.45, 2.75) is 26.2 Å². The summed E-state index contributed by atoms with van der Waals surface area (Å²) in [7, 11) is 0. The van der Waals surface area contributed by atoms with Crippen LogP contribution in [0, 0.1) is 11.3 Å². The van der Waals surface area contributed by atoms with E-state index < -0.39 is 0 Å². The summed E-state index contributed by atoms with van der Waals surface area (Å²) >= 11 is 0. The van der Waals surface area contributed by atoms with Gasteiger partial charge in [-0.1, -0.05) is 81.4 Å². The molecule has 0 atom stereocenters. The topological polar surface area (TPSA) is 23.8 Å². The average molecular weight is 335 g/mol. The van der Waals surface area contributed by atoms with Gasteiger partial charge in [0.15, 0.2) is 0 Å². The molecule has 0 heterocycles. The van der Waals surface area contributed by atoms with Crippen LogP contribution >= 0.6 is 0 Å². The first kappa shape index (κ1) is 16.4. The maximum atomic E-state index is 9.38. The van der Waals surface area contributed by atoms with Gasteiger partial charge in [0.1, 0.15) is 0 Å². The van der Waals surface area contributed by atoms with E-state index in [0.29, 0.717) is 0 Å². The van der Waals surface area contributed by atoms with Gasteiger partial charge in [0, 0.05) is 5.39 Å². The molecule has 0 bridgehead atoms. The molecule has 0 aromatic heterocycles. The molecular formula is C25H21N. The first-order valence-electron chi connectivity index (χ1n) is 8.94. The smallest absolute Gasteiger partial charge is 0.0998 e. The van der Waals surface area contributed by atoms with Gasteiger partial charge >= 0.3 is 0 Å². The van der Waals surface area contributed by atoms with Gasteiger partial charge < -0.3 is 0 Å². The lowest BCUT2D eigenvalue weighted by Crippen LogP contribution is -2.10. The maximum Gasteiger partial charge on any atom is 0.0998 e. The minimum atomic E-state index is 0.149. The third-order valence-corrected chi connectivity index (χ3v) is 5.06. The summed E-state index contributed by atoms with van der Waals surface area (Å²) in [6, 6.07) is 27.8. The second kappa shape index (κ2) is 6.00. The number of hydrogen-bond acceptors (Lipinski definition) is 1. The Bertz CT molecular complexity index is 1170. The quantitative estimate of drug-likeness (QED) is 0.374. The van der Waals surface area contributed by atoms with E-state index in [1.165, 1.54) is 27.5 Å². The zero-order valence-corrected chi connectivity index (χ0v) is 15.4. The van der Waals surface area contributed by atoms with Gasteiger partial charge in [-0.05, 0) is 50.4 Å². The Morgan fingerprint density at radius 2 is 1.42 bits per heavy atom. The van der Waals surface area contributed by atoms with Crippen LogP contribution < -0.4 is 0 Å². The third kappa shape index (κ3) is 2.74. The molecule has 0 radical (unpaired) electrons. The van der Waals surface area contributed by atoms with Gasteiger partial charge in [0.2, 0.25) is 0 Å². The summed E-state index contributed by atoms with van der Waals surface area (Å²) in [6.45, 7) is 6.72. The first-order chi connectivity index (χ1) is 12.5. The van der Waals surface area contributed by atoms with Crippen molar-refractivity contribution in [2.75, 3.05) is 0 Å². The van der Waals surface area contributed by atoms with Crippen LogP contribution in [0.2, 0.25) is 0 Å². The Kier molecular flexibility index (Phi) is 3.78. The lowest BCUT2D eigenvalue weighted by atomic mass is 9.85. The third-order valence-electron chi connectivity index (χ3n) is 5.06. The number of rotatable bonds is 1. The van der Waals surface area contributed by atoms with Gasteiger partial charge in [-0.2, -0.15) is 5.26 Å². The highest BCUT2D eigenvalue weighted by Gasteiger charge is 2.14. The van der Waals surface area contributed by atoms with Crippen LogP contribution in [-0.2, 0) is 5.41 Å². The van der Waals surface area contributed by atoms with Gasteiger partial charge in [-0.25, -0.2) is 0 Å². The van der Waals surface area contributed by atoms with Gasteiger partial charge in [-0.15, -0.1) is 0 Å². The maximum absolute atomic E-state index is 9.38. The number of nitrogens with zero attached hydrogens (tertiary/aromatic N) is 1. The predicted molar refractivity (Wildman–Crippen MR) is 110 cm³/mol. The van der Waals surface area contributed by atoms with E-state index >= 15 is 0 Å². The van der Waals surface area contributed by atoms with Crippen molar-refractivity contribution in [3.63, 3.8) is 0 Å². The summed E-state index contributed by atoms with van der Waals surface area (Å²) in [5, 5.41) is 14.0. The molecule has 0 aliphatic carbocycles. The monoisotopic (exact) mass is 335 g/mol. The molecule has 0 aliphatic heterocycles. The second-order valence-corrected chi connectivity index (χ2v) is 7.84. The highest BCUT2D eigenvalue weighted by atomic mass is 14.2. The first-order valence-corrected chi connectivity index (χ1v) is 8.94. The fourth-order valence-electron chi connectivity index (χ4n) is 3.54. The van der Waals surface area contributed by atoms with E-state index in [-0.39, 0.29) is 5.41 Å². The molecule has 26 heavy (non-hydrogen) atoms. The van der Waals surface area contributed by atoms with Crippen LogP contribution in [0.3, 0.4) is 0 Å². The number of fused-ring (bicyclic) bond motifs is 2. The lowest BCUT2D eigenvalue weighted by Gasteiger charge is -2.19. The van der Waals surface area contributed by atoms with Crippen LogP contribution in [0.5, 0.6) is 0 Å². The van der Waals surface area contributed by atoms with Crippen molar-refractivity contribution < 1.29 is 0 Å². The predicted octanol–water partition coefficient (Wildman–Crippen LogP) is 6.83. The Balaban J connectivity index is 1.90. The number of hydrogen-bond donors (Lipinski definition) is 0. The van der Waals surface area contributed by atoms with Gasteiger partial charge in [0.05, 0.1) is 11.6 Å². The second-order valence-electron chi connectivity index (χ2n) is 7.84. The molecule has 0 saturated carbocycles. The average Bonchev–Trinajstić information content (AvgIpc) is 2.65. The summed E-state index contributed by atoms with van der Waals surface area (Å²) in [5.74, 6) is 0. The molecule has 4 aromatic carbocycles. The van der Waals surface area contributed by atoms with Crippen molar-refractivity contribution in [3.05, 3.63) is 83.9 Å². The Morgan fingerprint density at radius 3 is 2.19 bits per heavy atom. The molecule has 4 aromatic rings. The molecule has 0 spiro atoms. The lowest BCUT2D eigenvalue weighted by molar-refractivity contribution is 0.591. The zero-order chi connectivity index (χ0) is 18.3. The molecule has 1 heteroatoms. The summed E-state index contributed by atoms with van der Waals surface area (Å²) in [4.78, 5) is 0. The number of benzene rings is 4. The van der Waals surface area contributed by atoms with Crippen molar-refractivity contribution in [3.8, 4) is 17.2 Å². The van der Waals surface area contributed by atoms with E-state index in [9.17, 15) is 5.26 Å². The van der Waals surface area contributed by atoms with Crippen molar-refractivity contribution >= 4 is 21.5 Å². The summed E-state index contributed by atoms with van der Waals surface area (Å²) in [6.07, 6.45) is 0. The molecule has 0 N–H and O–H groups in total. The minimum Gasteiger partial charge on any atom is -0.192 e. The normalized spacial score (nSPS) is 11.6. The Morgan fingerprint density at radius 1 is 0.731 bits per heavy atom. The van der Waals surface area contributed by atoms with Crippen molar-refractivity contribution in [1.29, 1.82) is 5.26 Å². The molecule has 126 valence electrons. The summed E-state index contributed by atoms with van der Waals surface area (Å²) < 4.78 is 0. The molecule has 0 saturated heterocycles. The molecular weight excluding hydrogens is 314 g/mol. The molecule has 4 rings (SSSR count). The van der Waals surface area contributed by atoms with Crippen LogP contribution in [0.15, 0.2) is 72.8 Å². The fraction of sp³-hybridized carbons (Fsp3) is 0.160. The Labute approximate surface area is 154 Å². The van der Waals surface area contributed by atoms with Crippen LogP contribution in [0.25, 0.3) is 32.7 Å². The van der Waals surface area contributed by atoms with Crippen LogP contribution in [0.4, 0.5) is 0 Å². The molecule has 0 fully saturated rings. The molecule has 0 aliphatic rings. The number of nitriles is 1. The summed E-state index contributed by atoms with van der Waals surface area (Å²) in [5.41, 5.74) is 4.57. The molecule has 0 unspecified atom stereocenters. The van der Waals surface area contributed by atoms with Crippen molar-refractivity contribution in [2.24, 2.45) is 0 Å². The largest absolute Gasteiger partial charge is 0.192 e. The minimum absolute atomic E-state index is 0.149. The standard InChI is InChI=1S/C25H21N/c1-25(2,3)21-13-12-17-14-19(11-10-18(17)15-21)22-7-5-8-23-20(16-26)6-4-9-24(22)23/h4-15H,1-3H3. The highest BCUT2D eigenvalue weighted by Crippen LogP contribution is 2.33. The van der Waals surface area contributed by atoms with Crippen LogP contribution in [-0.4, -0.2) is 0 Å². The highest BCUT2D eigenvalue weighted by molar-refractivity contribution is 6.01. The van der Waals surface area contributed by atoms with E-state index in [4.69, 9.17) is 0 Å². The SMILES string of the molecule is CC(C)(C)c1ccc2cc(-c3cccc4c(C#N)cccc34)ccc2c1. The van der Waals surface area contributed by atoms with Gasteiger partial charge in [-0.3, -0.25) is 0 Å². The van der Waals surface area contributed by atoms with E-state index in [1.54, 1.807) is 0 Å². The van der Waals surface area contributed by atoms with E-state index in [1.807, 2.05) is 24.3 Å². The Hall–Kier alpha value is -3.11. The van der Waals surface area contributed by atoms with Crippen molar-refractivity contribution in [1.82, 2.24) is 0 Å².